The minimum absolute atomic E-state index is 0.541. The lowest BCUT2D eigenvalue weighted by atomic mass is 9.94. The number of ether oxygens (including phenoxy) is 1. The molecular formula is C15H23N3O2. The maximum Gasteiger partial charge on any atom is 0.132 e. The molecule has 5 heteroatoms. The van der Waals surface area contributed by atoms with E-state index in [1.54, 1.807) is 6.33 Å². The van der Waals surface area contributed by atoms with E-state index in [2.05, 4.69) is 15.3 Å². The predicted molar refractivity (Wildman–Crippen MR) is 76.8 cm³/mol. The van der Waals surface area contributed by atoms with Crippen LogP contribution in [0.3, 0.4) is 0 Å². The summed E-state index contributed by atoms with van der Waals surface area (Å²) in [6.07, 6.45) is 8.78. The molecule has 110 valence electrons. The molecule has 1 fully saturated rings. The van der Waals surface area contributed by atoms with Crippen molar-refractivity contribution < 1.29 is 9.84 Å². The molecule has 0 amide bonds. The summed E-state index contributed by atoms with van der Waals surface area (Å²) in [5, 5.41) is 13.9. The Morgan fingerprint density at radius 1 is 1.15 bits per heavy atom. The minimum atomic E-state index is -0.666. The van der Waals surface area contributed by atoms with Crippen LogP contribution >= 0.6 is 0 Å². The average molecular weight is 277 g/mol. The van der Waals surface area contributed by atoms with Crippen LogP contribution in [0.1, 0.15) is 43.4 Å². The van der Waals surface area contributed by atoms with Gasteiger partial charge in [0.05, 0.1) is 5.60 Å². The molecule has 1 aromatic heterocycles. The van der Waals surface area contributed by atoms with Crippen molar-refractivity contribution in [3.63, 3.8) is 0 Å². The zero-order valence-corrected chi connectivity index (χ0v) is 11.9. The predicted octanol–water partition coefficient (Wildman–Crippen LogP) is 1.70. The first-order chi connectivity index (χ1) is 9.77. The number of aryl methyl sites for hydroxylation is 1. The summed E-state index contributed by atoms with van der Waals surface area (Å²) in [6, 6.07) is 0. The van der Waals surface area contributed by atoms with Gasteiger partial charge in [0.15, 0.2) is 0 Å². The molecule has 0 radical (unpaired) electrons. The average Bonchev–Trinajstić information content (AvgIpc) is 2.71. The SMILES string of the molecule is OC1(CNc2ncnc3c2CCCCC3)CCOCC1. The molecular weight excluding hydrogens is 254 g/mol. The van der Waals surface area contributed by atoms with Gasteiger partial charge in [0.25, 0.3) is 0 Å². The normalized spacial score (nSPS) is 21.9. The Balaban J connectivity index is 1.71. The molecule has 1 aliphatic carbocycles. The van der Waals surface area contributed by atoms with Crippen molar-refractivity contribution in [2.45, 2.75) is 50.5 Å². The molecule has 0 unspecified atom stereocenters. The molecule has 2 heterocycles. The molecule has 5 nitrogen and oxygen atoms in total. The number of aromatic nitrogens is 2. The van der Waals surface area contributed by atoms with E-state index in [9.17, 15) is 5.11 Å². The lowest BCUT2D eigenvalue weighted by molar-refractivity contribution is -0.0543. The Morgan fingerprint density at radius 3 is 2.80 bits per heavy atom. The molecule has 20 heavy (non-hydrogen) atoms. The smallest absolute Gasteiger partial charge is 0.132 e. The molecule has 1 aliphatic heterocycles. The summed E-state index contributed by atoms with van der Waals surface area (Å²) < 4.78 is 5.31. The first kappa shape index (κ1) is 13.8. The Morgan fingerprint density at radius 2 is 1.95 bits per heavy atom. The standard InChI is InChI=1S/C15H23N3O2/c19-15(6-8-20-9-7-15)10-16-14-12-4-2-1-3-5-13(12)17-11-18-14/h11,19H,1-10H2,(H,16,17,18). The molecule has 0 aromatic carbocycles. The third-order valence-corrected chi connectivity index (χ3v) is 4.38. The van der Waals surface area contributed by atoms with Gasteiger partial charge >= 0.3 is 0 Å². The lowest BCUT2D eigenvalue weighted by Gasteiger charge is -2.32. The van der Waals surface area contributed by atoms with Crippen LogP contribution in [0.15, 0.2) is 6.33 Å². The zero-order valence-electron chi connectivity index (χ0n) is 11.9. The highest BCUT2D eigenvalue weighted by Crippen LogP contribution is 2.26. The molecule has 1 saturated heterocycles. The van der Waals surface area contributed by atoms with Crippen LogP contribution in [0, 0.1) is 0 Å². The van der Waals surface area contributed by atoms with E-state index >= 15 is 0 Å². The quantitative estimate of drug-likeness (QED) is 0.823. The molecule has 2 N–H and O–H groups in total. The second-order valence-corrected chi connectivity index (χ2v) is 5.90. The van der Waals surface area contributed by atoms with Crippen LogP contribution in [0.25, 0.3) is 0 Å². The van der Waals surface area contributed by atoms with Crippen molar-refractivity contribution >= 4 is 5.82 Å². The van der Waals surface area contributed by atoms with Crippen molar-refractivity contribution in [3.05, 3.63) is 17.6 Å². The van der Waals surface area contributed by atoms with Crippen molar-refractivity contribution in [2.75, 3.05) is 25.1 Å². The highest BCUT2D eigenvalue weighted by molar-refractivity contribution is 5.46. The van der Waals surface area contributed by atoms with Gasteiger partial charge in [-0.15, -0.1) is 0 Å². The second kappa shape index (κ2) is 6.06. The van der Waals surface area contributed by atoms with E-state index in [4.69, 9.17) is 4.74 Å². The summed E-state index contributed by atoms with van der Waals surface area (Å²) in [5.41, 5.74) is 1.76. The van der Waals surface area contributed by atoms with E-state index in [1.165, 1.54) is 30.5 Å². The van der Waals surface area contributed by atoms with Gasteiger partial charge in [-0.1, -0.05) is 6.42 Å². The fourth-order valence-electron chi connectivity index (χ4n) is 3.03. The number of rotatable bonds is 3. The molecule has 0 atom stereocenters. The van der Waals surface area contributed by atoms with Crippen molar-refractivity contribution in [1.29, 1.82) is 0 Å². The van der Waals surface area contributed by atoms with Gasteiger partial charge in [-0.3, -0.25) is 0 Å². The summed E-state index contributed by atoms with van der Waals surface area (Å²) in [4.78, 5) is 8.80. The second-order valence-electron chi connectivity index (χ2n) is 5.90. The highest BCUT2D eigenvalue weighted by atomic mass is 16.5. The summed E-state index contributed by atoms with van der Waals surface area (Å²) in [6.45, 7) is 1.82. The number of nitrogens with one attached hydrogen (secondary N) is 1. The largest absolute Gasteiger partial charge is 0.388 e. The molecule has 0 spiro atoms. The number of hydrogen-bond donors (Lipinski definition) is 2. The van der Waals surface area contributed by atoms with Gasteiger partial charge < -0.3 is 15.2 Å². The van der Waals surface area contributed by atoms with Crippen LogP contribution in [0.5, 0.6) is 0 Å². The van der Waals surface area contributed by atoms with Crippen molar-refractivity contribution in [2.24, 2.45) is 0 Å². The Bertz CT molecular complexity index is 458. The Hall–Kier alpha value is -1.20. The highest BCUT2D eigenvalue weighted by Gasteiger charge is 2.30. The van der Waals surface area contributed by atoms with Crippen molar-refractivity contribution in [1.82, 2.24) is 9.97 Å². The number of aliphatic hydroxyl groups is 1. The van der Waals surface area contributed by atoms with Crippen LogP contribution in [-0.2, 0) is 17.6 Å². The van der Waals surface area contributed by atoms with Gasteiger partial charge in [-0.25, -0.2) is 9.97 Å². The summed E-state index contributed by atoms with van der Waals surface area (Å²) in [7, 11) is 0. The van der Waals surface area contributed by atoms with E-state index in [0.717, 1.165) is 18.7 Å². The first-order valence-corrected chi connectivity index (χ1v) is 7.64. The maximum absolute atomic E-state index is 10.5. The lowest BCUT2D eigenvalue weighted by Crippen LogP contribution is -2.42. The Kier molecular flexibility index (Phi) is 4.17. The van der Waals surface area contributed by atoms with Gasteiger partial charge in [0, 0.05) is 43.9 Å². The van der Waals surface area contributed by atoms with Crippen LogP contribution in [0.2, 0.25) is 0 Å². The van der Waals surface area contributed by atoms with Gasteiger partial charge in [-0.2, -0.15) is 0 Å². The molecule has 0 saturated carbocycles. The number of hydrogen-bond acceptors (Lipinski definition) is 5. The number of anilines is 1. The van der Waals surface area contributed by atoms with Gasteiger partial charge in [-0.05, 0) is 25.7 Å². The third-order valence-electron chi connectivity index (χ3n) is 4.38. The minimum Gasteiger partial charge on any atom is -0.388 e. The van der Waals surface area contributed by atoms with Gasteiger partial charge in [0.2, 0.25) is 0 Å². The van der Waals surface area contributed by atoms with E-state index in [0.29, 0.717) is 32.6 Å². The molecule has 0 bridgehead atoms. The monoisotopic (exact) mass is 277 g/mol. The third kappa shape index (κ3) is 3.10. The maximum atomic E-state index is 10.5. The van der Waals surface area contributed by atoms with Crippen molar-refractivity contribution in [3.8, 4) is 0 Å². The fraction of sp³-hybridized carbons (Fsp3) is 0.733. The first-order valence-electron chi connectivity index (χ1n) is 7.64. The Labute approximate surface area is 119 Å². The fourth-order valence-corrected chi connectivity index (χ4v) is 3.03. The van der Waals surface area contributed by atoms with Gasteiger partial charge in [0.1, 0.15) is 12.1 Å². The van der Waals surface area contributed by atoms with E-state index < -0.39 is 5.60 Å². The van der Waals surface area contributed by atoms with Crippen LogP contribution in [0.4, 0.5) is 5.82 Å². The molecule has 1 aromatic rings. The van der Waals surface area contributed by atoms with E-state index in [-0.39, 0.29) is 0 Å². The van der Waals surface area contributed by atoms with Crippen LogP contribution in [-0.4, -0.2) is 40.4 Å². The molecule has 3 rings (SSSR count). The number of nitrogens with zero attached hydrogens (tertiary/aromatic N) is 2. The van der Waals surface area contributed by atoms with E-state index in [1.807, 2.05) is 0 Å². The topological polar surface area (TPSA) is 67.3 Å². The zero-order chi connectivity index (χ0) is 13.8. The number of fused-ring (bicyclic) bond motifs is 1. The summed E-state index contributed by atoms with van der Waals surface area (Å²) >= 11 is 0. The molecule has 2 aliphatic rings. The van der Waals surface area contributed by atoms with Crippen LogP contribution < -0.4 is 5.32 Å². The summed E-state index contributed by atoms with van der Waals surface area (Å²) in [5.74, 6) is 0.914.